The molecule has 0 spiro atoms. The van der Waals surface area contributed by atoms with Crippen LogP contribution in [0, 0.1) is 0 Å². The molecule has 0 aromatic rings. The molecule has 0 radical (unpaired) electrons. The Kier molecular flexibility index (Phi) is 9.27. The number of carboxylic acid groups (broad SMARTS) is 3. The summed E-state index contributed by atoms with van der Waals surface area (Å²) < 4.78 is 0. The molecule has 0 aromatic carbocycles. The number of carboxylic acids is 3. The highest BCUT2D eigenvalue weighted by Gasteiger charge is 2.24. The lowest BCUT2D eigenvalue weighted by Gasteiger charge is -2.18. The van der Waals surface area contributed by atoms with Crippen molar-refractivity contribution in [3.05, 3.63) is 0 Å². The lowest BCUT2D eigenvalue weighted by atomic mass is 10.1. The first-order valence-electron chi connectivity index (χ1n) is 6.72. The van der Waals surface area contributed by atoms with E-state index in [4.69, 9.17) is 21.1 Å². The first-order chi connectivity index (χ1) is 10.3. The molecule has 0 saturated heterocycles. The van der Waals surface area contributed by atoms with Gasteiger partial charge in [-0.2, -0.15) is 0 Å². The zero-order chi connectivity index (χ0) is 17.1. The number of amides is 2. The second-order valence-electron chi connectivity index (χ2n) is 4.62. The van der Waals surface area contributed by atoms with Crippen LogP contribution in [-0.2, 0) is 14.4 Å². The molecule has 0 aliphatic rings. The molecule has 0 bridgehead atoms. The number of rotatable bonds is 11. The Bertz CT molecular complexity index is 414. The number of urea groups is 1. The van der Waals surface area contributed by atoms with E-state index in [1.54, 1.807) is 0 Å². The van der Waals surface area contributed by atoms with Crippen LogP contribution in [0.4, 0.5) is 4.79 Å². The molecule has 7 N–H and O–H groups in total. The normalized spacial score (nSPS) is 13.0. The molecule has 0 aliphatic carbocycles. The summed E-state index contributed by atoms with van der Waals surface area (Å²) in [7, 11) is 0. The Balaban J connectivity index is 4.47. The van der Waals surface area contributed by atoms with Gasteiger partial charge in [0.15, 0.2) is 0 Å². The van der Waals surface area contributed by atoms with E-state index in [0.29, 0.717) is 19.4 Å². The molecule has 2 amide bonds. The SMILES string of the molecule is NCCCC[C@@H](NC(=O)N[C@@H](CCC(=O)O)C(=O)O)C(=O)O. The molecular formula is C12H21N3O7. The molecule has 10 nitrogen and oxygen atoms in total. The summed E-state index contributed by atoms with van der Waals surface area (Å²) in [5.74, 6) is -3.84. The van der Waals surface area contributed by atoms with Gasteiger partial charge in [0, 0.05) is 6.42 Å². The second kappa shape index (κ2) is 10.4. The van der Waals surface area contributed by atoms with Gasteiger partial charge in [-0.3, -0.25) is 4.79 Å². The fraction of sp³-hybridized carbons (Fsp3) is 0.667. The van der Waals surface area contributed by atoms with Crippen molar-refractivity contribution in [3.63, 3.8) is 0 Å². The van der Waals surface area contributed by atoms with E-state index in [1.807, 2.05) is 5.32 Å². The van der Waals surface area contributed by atoms with Crippen molar-refractivity contribution in [1.29, 1.82) is 0 Å². The van der Waals surface area contributed by atoms with E-state index < -0.39 is 42.4 Å². The van der Waals surface area contributed by atoms with E-state index in [9.17, 15) is 19.2 Å². The van der Waals surface area contributed by atoms with Crippen LogP contribution < -0.4 is 16.4 Å². The van der Waals surface area contributed by atoms with E-state index in [0.717, 1.165) is 0 Å². The van der Waals surface area contributed by atoms with Crippen molar-refractivity contribution in [2.45, 2.75) is 44.2 Å². The largest absolute Gasteiger partial charge is 0.481 e. The molecule has 0 saturated carbocycles. The number of hydrogen-bond donors (Lipinski definition) is 6. The first kappa shape index (κ1) is 19.6. The van der Waals surface area contributed by atoms with E-state index in [2.05, 4.69) is 5.32 Å². The summed E-state index contributed by atoms with van der Waals surface area (Å²) in [6.07, 6.45) is 0.518. The third kappa shape index (κ3) is 8.74. The van der Waals surface area contributed by atoms with Gasteiger partial charge in [0.1, 0.15) is 12.1 Å². The summed E-state index contributed by atoms with van der Waals surface area (Å²) in [4.78, 5) is 44.0. The molecule has 0 unspecified atom stereocenters. The van der Waals surface area contributed by atoms with E-state index in [-0.39, 0.29) is 12.8 Å². The van der Waals surface area contributed by atoms with Gasteiger partial charge in [-0.15, -0.1) is 0 Å². The highest BCUT2D eigenvalue weighted by Crippen LogP contribution is 2.02. The summed E-state index contributed by atoms with van der Waals surface area (Å²) in [6, 6.07) is -3.55. The molecule has 126 valence electrons. The van der Waals surface area contributed by atoms with Gasteiger partial charge in [-0.05, 0) is 32.2 Å². The molecule has 0 aliphatic heterocycles. The van der Waals surface area contributed by atoms with Gasteiger partial charge >= 0.3 is 23.9 Å². The van der Waals surface area contributed by atoms with Crippen LogP contribution >= 0.6 is 0 Å². The minimum Gasteiger partial charge on any atom is -0.481 e. The Morgan fingerprint density at radius 2 is 1.36 bits per heavy atom. The molecule has 0 rings (SSSR count). The summed E-state index contributed by atoms with van der Waals surface area (Å²) in [5.41, 5.74) is 5.29. The quantitative estimate of drug-likeness (QED) is 0.267. The maximum absolute atomic E-state index is 11.6. The van der Waals surface area contributed by atoms with Crippen LogP contribution in [0.1, 0.15) is 32.1 Å². The van der Waals surface area contributed by atoms with Crippen molar-refractivity contribution < 1.29 is 34.5 Å². The highest BCUT2D eigenvalue weighted by atomic mass is 16.4. The van der Waals surface area contributed by atoms with Gasteiger partial charge in [-0.25, -0.2) is 14.4 Å². The minimum absolute atomic E-state index is 0.160. The second-order valence-corrected chi connectivity index (χ2v) is 4.62. The van der Waals surface area contributed by atoms with Gasteiger partial charge in [0.2, 0.25) is 0 Å². The fourth-order valence-electron chi connectivity index (χ4n) is 1.63. The Hall–Kier alpha value is -2.36. The van der Waals surface area contributed by atoms with Gasteiger partial charge in [0.05, 0.1) is 0 Å². The Labute approximate surface area is 126 Å². The highest BCUT2D eigenvalue weighted by molar-refractivity contribution is 5.86. The maximum atomic E-state index is 11.6. The predicted molar refractivity (Wildman–Crippen MR) is 74.3 cm³/mol. The Morgan fingerprint density at radius 1 is 0.864 bits per heavy atom. The standard InChI is InChI=1S/C12H21N3O7/c13-6-2-1-3-7(10(18)19)14-12(22)15-8(11(20)21)4-5-9(16)17/h7-8H,1-6,13H2,(H,16,17)(H,18,19)(H,20,21)(H2,14,15,22)/t7-,8+/m1/s1. The van der Waals surface area contributed by atoms with E-state index in [1.165, 1.54) is 0 Å². The third-order valence-corrected chi connectivity index (χ3v) is 2.80. The molecule has 0 heterocycles. The number of carbonyl (C=O) groups is 4. The monoisotopic (exact) mass is 319 g/mol. The Morgan fingerprint density at radius 3 is 1.77 bits per heavy atom. The van der Waals surface area contributed by atoms with Crippen molar-refractivity contribution in [2.24, 2.45) is 5.73 Å². The average molecular weight is 319 g/mol. The maximum Gasteiger partial charge on any atom is 0.326 e. The number of aliphatic carboxylic acids is 3. The average Bonchev–Trinajstić information content (AvgIpc) is 2.41. The zero-order valence-corrected chi connectivity index (χ0v) is 11.9. The molecule has 22 heavy (non-hydrogen) atoms. The number of hydrogen-bond acceptors (Lipinski definition) is 5. The van der Waals surface area contributed by atoms with Crippen LogP contribution in [0.25, 0.3) is 0 Å². The smallest absolute Gasteiger partial charge is 0.326 e. The number of nitrogens with one attached hydrogen (secondary N) is 2. The van der Waals surface area contributed by atoms with Crippen LogP contribution in [-0.4, -0.2) is 57.9 Å². The molecule has 10 heteroatoms. The fourth-order valence-corrected chi connectivity index (χ4v) is 1.63. The first-order valence-corrected chi connectivity index (χ1v) is 6.72. The van der Waals surface area contributed by atoms with E-state index >= 15 is 0 Å². The summed E-state index contributed by atoms with van der Waals surface area (Å²) in [6.45, 7) is 0.398. The van der Waals surface area contributed by atoms with Crippen molar-refractivity contribution in [2.75, 3.05) is 6.54 Å². The molecular weight excluding hydrogens is 298 g/mol. The third-order valence-electron chi connectivity index (χ3n) is 2.80. The number of unbranched alkanes of at least 4 members (excludes halogenated alkanes) is 1. The van der Waals surface area contributed by atoms with Gasteiger partial charge in [-0.1, -0.05) is 0 Å². The van der Waals surface area contributed by atoms with Gasteiger partial charge in [0.25, 0.3) is 0 Å². The zero-order valence-electron chi connectivity index (χ0n) is 11.9. The lowest BCUT2D eigenvalue weighted by Crippen LogP contribution is -2.51. The van der Waals surface area contributed by atoms with Crippen LogP contribution in [0.5, 0.6) is 0 Å². The van der Waals surface area contributed by atoms with Crippen molar-refractivity contribution in [3.8, 4) is 0 Å². The predicted octanol–water partition coefficient (Wildman–Crippen LogP) is -0.814. The molecule has 0 fully saturated rings. The topological polar surface area (TPSA) is 179 Å². The molecule has 0 aromatic heterocycles. The van der Waals surface area contributed by atoms with Crippen molar-refractivity contribution >= 4 is 23.9 Å². The van der Waals surface area contributed by atoms with Crippen LogP contribution in [0.15, 0.2) is 0 Å². The minimum atomic E-state index is -1.41. The van der Waals surface area contributed by atoms with Gasteiger partial charge < -0.3 is 31.7 Å². The number of carbonyl (C=O) groups excluding carboxylic acids is 1. The van der Waals surface area contributed by atoms with Crippen molar-refractivity contribution in [1.82, 2.24) is 10.6 Å². The van der Waals surface area contributed by atoms with Crippen LogP contribution in [0.2, 0.25) is 0 Å². The summed E-state index contributed by atoms with van der Waals surface area (Å²) >= 11 is 0. The van der Waals surface area contributed by atoms with Crippen LogP contribution in [0.3, 0.4) is 0 Å². The lowest BCUT2D eigenvalue weighted by molar-refractivity contribution is -0.140. The summed E-state index contributed by atoms with van der Waals surface area (Å²) in [5, 5.41) is 30.6. The number of nitrogens with two attached hydrogens (primary N) is 1. The molecule has 2 atom stereocenters.